The van der Waals surface area contributed by atoms with E-state index in [1.807, 2.05) is 0 Å². The van der Waals surface area contributed by atoms with Crippen molar-refractivity contribution < 1.29 is 24.2 Å². The van der Waals surface area contributed by atoms with Crippen LogP contribution in [0.2, 0.25) is 0 Å². The van der Waals surface area contributed by atoms with Crippen LogP contribution >= 0.6 is 0 Å². The van der Waals surface area contributed by atoms with Crippen LogP contribution in [-0.4, -0.2) is 47.5 Å². The molecule has 1 aromatic rings. The molecule has 0 aliphatic heterocycles. The van der Waals surface area contributed by atoms with E-state index < -0.39 is 23.8 Å². The van der Waals surface area contributed by atoms with Crippen molar-refractivity contribution in [1.82, 2.24) is 4.90 Å². The van der Waals surface area contributed by atoms with Crippen LogP contribution in [0.25, 0.3) is 0 Å². The Morgan fingerprint density at radius 3 is 2.50 bits per heavy atom. The normalized spacial score (nSPS) is 11.5. The first-order valence-electron chi connectivity index (χ1n) is 5.84. The predicted octanol–water partition coefficient (Wildman–Crippen LogP) is 0.0958. The van der Waals surface area contributed by atoms with Crippen LogP contribution in [0, 0.1) is 0 Å². The maximum Gasteiger partial charge on any atom is 0.326 e. The fourth-order valence-electron chi connectivity index (χ4n) is 1.45. The Labute approximate surface area is 115 Å². The number of hydrogen-bond donors (Lipinski definition) is 2. The van der Waals surface area contributed by atoms with Gasteiger partial charge in [-0.2, -0.15) is 0 Å². The van der Waals surface area contributed by atoms with Gasteiger partial charge in [0.2, 0.25) is 0 Å². The number of para-hydroxylation sites is 1. The van der Waals surface area contributed by atoms with Gasteiger partial charge in [0.25, 0.3) is 11.8 Å². The Morgan fingerprint density at radius 2 is 1.95 bits per heavy atom. The van der Waals surface area contributed by atoms with Gasteiger partial charge in [0.05, 0.1) is 5.56 Å². The number of aliphatic carboxylic acids is 1. The molecule has 0 radical (unpaired) electrons. The summed E-state index contributed by atoms with van der Waals surface area (Å²) < 4.78 is 5.14. The number of primary amides is 1. The van der Waals surface area contributed by atoms with E-state index in [-0.39, 0.29) is 17.9 Å². The first-order valence-corrected chi connectivity index (χ1v) is 5.84. The number of amides is 2. The van der Waals surface area contributed by atoms with Gasteiger partial charge in [-0.15, -0.1) is 0 Å². The zero-order valence-electron chi connectivity index (χ0n) is 11.2. The van der Waals surface area contributed by atoms with Gasteiger partial charge in [0.15, 0.2) is 6.61 Å². The first-order chi connectivity index (χ1) is 9.34. The summed E-state index contributed by atoms with van der Waals surface area (Å²) in [4.78, 5) is 34.9. The second kappa shape index (κ2) is 6.55. The van der Waals surface area contributed by atoms with Crippen LogP contribution < -0.4 is 10.5 Å². The number of rotatable bonds is 6. The lowest BCUT2D eigenvalue weighted by molar-refractivity contribution is -0.141. The highest BCUT2D eigenvalue weighted by atomic mass is 16.5. The molecular weight excluding hydrogens is 264 g/mol. The Bertz CT molecular complexity index is 529. The third-order valence-electron chi connectivity index (χ3n) is 2.75. The second-order valence-electron chi connectivity index (χ2n) is 4.18. The van der Waals surface area contributed by atoms with Crippen molar-refractivity contribution in [3.8, 4) is 5.75 Å². The van der Waals surface area contributed by atoms with E-state index in [1.54, 1.807) is 12.1 Å². The lowest BCUT2D eigenvalue weighted by Crippen LogP contribution is -2.40. The van der Waals surface area contributed by atoms with E-state index in [2.05, 4.69) is 0 Å². The van der Waals surface area contributed by atoms with Crippen LogP contribution in [0.5, 0.6) is 5.75 Å². The van der Waals surface area contributed by atoms with Crippen LogP contribution in [0.3, 0.4) is 0 Å². The fraction of sp³-hybridized carbons (Fsp3) is 0.308. The molecule has 7 heteroatoms. The van der Waals surface area contributed by atoms with Gasteiger partial charge in [0, 0.05) is 7.05 Å². The number of hydrogen-bond acceptors (Lipinski definition) is 4. The number of carboxylic acid groups (broad SMARTS) is 1. The SMILES string of the molecule is CC(C(=O)O)N(C)C(=O)c1ccccc1OCC(N)=O. The average molecular weight is 280 g/mol. The van der Waals surface area contributed by atoms with Crippen LogP contribution in [-0.2, 0) is 9.59 Å². The number of carboxylic acids is 1. The molecule has 0 fully saturated rings. The van der Waals surface area contributed by atoms with E-state index in [0.717, 1.165) is 4.90 Å². The van der Waals surface area contributed by atoms with Gasteiger partial charge in [-0.3, -0.25) is 9.59 Å². The molecule has 0 aromatic heterocycles. The number of carbonyl (C=O) groups excluding carboxylic acids is 2. The Balaban J connectivity index is 2.97. The maximum absolute atomic E-state index is 12.2. The molecule has 0 bridgehead atoms. The predicted molar refractivity (Wildman–Crippen MR) is 70.3 cm³/mol. The first kappa shape index (κ1) is 15.5. The summed E-state index contributed by atoms with van der Waals surface area (Å²) in [6.07, 6.45) is 0. The topological polar surface area (TPSA) is 110 Å². The third-order valence-corrected chi connectivity index (χ3v) is 2.75. The summed E-state index contributed by atoms with van der Waals surface area (Å²) >= 11 is 0. The molecule has 0 heterocycles. The van der Waals surface area contributed by atoms with Gasteiger partial charge in [-0.05, 0) is 19.1 Å². The summed E-state index contributed by atoms with van der Waals surface area (Å²) in [5.41, 5.74) is 5.15. The van der Waals surface area contributed by atoms with Gasteiger partial charge in [-0.25, -0.2) is 4.79 Å². The Hall–Kier alpha value is -2.57. The minimum atomic E-state index is -1.11. The van der Waals surface area contributed by atoms with Gasteiger partial charge in [0.1, 0.15) is 11.8 Å². The molecule has 0 aliphatic rings. The van der Waals surface area contributed by atoms with Gasteiger partial charge < -0.3 is 20.5 Å². The van der Waals surface area contributed by atoms with Crippen LogP contribution in [0.4, 0.5) is 0 Å². The smallest absolute Gasteiger partial charge is 0.326 e. The molecule has 0 saturated heterocycles. The number of benzene rings is 1. The molecule has 0 saturated carbocycles. The maximum atomic E-state index is 12.2. The molecule has 1 atom stereocenters. The van der Waals surface area contributed by atoms with Crippen LogP contribution in [0.15, 0.2) is 24.3 Å². The highest BCUT2D eigenvalue weighted by molar-refractivity contribution is 5.98. The summed E-state index contributed by atoms with van der Waals surface area (Å²) in [5.74, 6) is -2.11. The second-order valence-corrected chi connectivity index (χ2v) is 4.18. The van der Waals surface area contributed by atoms with Crippen molar-refractivity contribution in [2.45, 2.75) is 13.0 Å². The molecule has 0 aliphatic carbocycles. The number of carbonyl (C=O) groups is 3. The quantitative estimate of drug-likeness (QED) is 0.767. The number of nitrogens with two attached hydrogens (primary N) is 1. The molecule has 1 rings (SSSR count). The fourth-order valence-corrected chi connectivity index (χ4v) is 1.45. The van der Waals surface area contributed by atoms with Gasteiger partial charge in [-0.1, -0.05) is 12.1 Å². The molecule has 108 valence electrons. The lowest BCUT2D eigenvalue weighted by atomic mass is 10.1. The van der Waals surface area contributed by atoms with Gasteiger partial charge >= 0.3 is 5.97 Å². The minimum Gasteiger partial charge on any atom is -0.483 e. The Kier molecular flexibility index (Phi) is 5.08. The zero-order valence-corrected chi connectivity index (χ0v) is 11.2. The molecule has 2 amide bonds. The van der Waals surface area contributed by atoms with E-state index in [4.69, 9.17) is 15.6 Å². The van der Waals surface area contributed by atoms with Crippen molar-refractivity contribution in [2.75, 3.05) is 13.7 Å². The number of nitrogens with zero attached hydrogens (tertiary/aromatic N) is 1. The average Bonchev–Trinajstić information content (AvgIpc) is 2.42. The largest absolute Gasteiger partial charge is 0.483 e. The highest BCUT2D eigenvalue weighted by Crippen LogP contribution is 2.20. The van der Waals surface area contributed by atoms with Crippen molar-refractivity contribution >= 4 is 17.8 Å². The van der Waals surface area contributed by atoms with Crippen molar-refractivity contribution in [3.05, 3.63) is 29.8 Å². The van der Waals surface area contributed by atoms with Crippen LogP contribution in [0.1, 0.15) is 17.3 Å². The molecular formula is C13H16N2O5. The highest BCUT2D eigenvalue weighted by Gasteiger charge is 2.24. The van der Waals surface area contributed by atoms with Crippen molar-refractivity contribution in [3.63, 3.8) is 0 Å². The minimum absolute atomic E-state index is 0.171. The van der Waals surface area contributed by atoms with E-state index in [0.29, 0.717) is 0 Å². The molecule has 0 spiro atoms. The molecule has 3 N–H and O–H groups in total. The van der Waals surface area contributed by atoms with E-state index >= 15 is 0 Å². The van der Waals surface area contributed by atoms with E-state index in [1.165, 1.54) is 26.1 Å². The van der Waals surface area contributed by atoms with E-state index in [9.17, 15) is 14.4 Å². The Morgan fingerprint density at radius 1 is 1.35 bits per heavy atom. The standard InChI is InChI=1S/C13H16N2O5/c1-8(13(18)19)15(2)12(17)9-5-3-4-6-10(9)20-7-11(14)16/h3-6,8H,7H2,1-2H3,(H2,14,16)(H,18,19). The summed E-state index contributed by atoms with van der Waals surface area (Å²) in [5, 5.41) is 8.91. The summed E-state index contributed by atoms with van der Waals surface area (Å²) in [6.45, 7) is 1.04. The van der Waals surface area contributed by atoms with Crippen molar-refractivity contribution in [2.24, 2.45) is 5.73 Å². The van der Waals surface area contributed by atoms with Crippen molar-refractivity contribution in [1.29, 1.82) is 0 Å². The summed E-state index contributed by atoms with van der Waals surface area (Å²) in [6, 6.07) is 5.27. The monoisotopic (exact) mass is 280 g/mol. The third kappa shape index (κ3) is 3.71. The number of ether oxygens (including phenoxy) is 1. The zero-order chi connectivity index (χ0) is 15.3. The summed E-state index contributed by atoms with van der Waals surface area (Å²) in [7, 11) is 1.38. The molecule has 20 heavy (non-hydrogen) atoms. The number of likely N-dealkylation sites (N-methyl/N-ethyl adjacent to an activating group) is 1. The molecule has 1 aromatic carbocycles. The lowest BCUT2D eigenvalue weighted by Gasteiger charge is -2.22. The molecule has 1 unspecified atom stereocenters. The molecule has 7 nitrogen and oxygen atoms in total.